The van der Waals surface area contributed by atoms with Crippen molar-refractivity contribution >= 4 is 11.5 Å². The lowest BCUT2D eigenvalue weighted by Gasteiger charge is -2.07. The van der Waals surface area contributed by atoms with Crippen molar-refractivity contribution in [1.29, 1.82) is 0 Å². The second-order valence-corrected chi connectivity index (χ2v) is 4.75. The normalized spacial score (nSPS) is 10.8. The van der Waals surface area contributed by atoms with Crippen molar-refractivity contribution in [3.05, 3.63) is 39.9 Å². The minimum absolute atomic E-state index is 0.0375. The Labute approximate surface area is 117 Å². The molecule has 0 aromatic heterocycles. The van der Waals surface area contributed by atoms with Gasteiger partial charge in [-0.2, -0.15) is 0 Å². The van der Waals surface area contributed by atoms with Gasteiger partial charge in [-0.05, 0) is 18.1 Å². The van der Waals surface area contributed by atoms with Crippen LogP contribution in [0, 0.1) is 16.0 Å². The predicted octanol–water partition coefficient (Wildman–Crippen LogP) is 2.47. The maximum Gasteiger partial charge on any atom is 0.269 e. The largest absolute Gasteiger partial charge is 0.379 e. The Hall–Kier alpha value is -1.79. The monoisotopic (exact) mass is 281 g/mol. The number of nitro benzene ring substituents is 1. The number of carbonyl (C=O) groups is 1. The van der Waals surface area contributed by atoms with Crippen LogP contribution in [0.15, 0.2) is 24.3 Å². The first-order chi connectivity index (χ1) is 9.50. The molecule has 1 aromatic carbocycles. The molecule has 110 valence electrons. The van der Waals surface area contributed by atoms with E-state index in [1.54, 1.807) is 0 Å². The molecule has 1 aromatic rings. The molecule has 0 heterocycles. The van der Waals surface area contributed by atoms with Crippen LogP contribution in [-0.4, -0.2) is 37.1 Å². The highest BCUT2D eigenvalue weighted by molar-refractivity contribution is 5.97. The molecule has 0 unspecified atom stereocenters. The molecular weight excluding hydrogens is 262 g/mol. The highest BCUT2D eigenvalue weighted by atomic mass is 16.6. The van der Waals surface area contributed by atoms with E-state index in [1.807, 2.05) is 0 Å². The van der Waals surface area contributed by atoms with Gasteiger partial charge in [0.05, 0.1) is 18.1 Å². The molecule has 0 saturated carbocycles. The summed E-state index contributed by atoms with van der Waals surface area (Å²) in [7, 11) is 0. The van der Waals surface area contributed by atoms with Crippen LogP contribution in [-0.2, 0) is 9.47 Å². The van der Waals surface area contributed by atoms with E-state index >= 15 is 0 Å². The minimum Gasteiger partial charge on any atom is -0.379 e. The van der Waals surface area contributed by atoms with Gasteiger partial charge in [0.15, 0.2) is 5.78 Å². The maximum atomic E-state index is 11.7. The number of nitro groups is 1. The summed E-state index contributed by atoms with van der Waals surface area (Å²) in [4.78, 5) is 21.7. The van der Waals surface area contributed by atoms with Gasteiger partial charge in [-0.25, -0.2) is 0 Å². The number of rotatable bonds is 9. The number of nitrogens with zero attached hydrogens (tertiary/aromatic N) is 1. The van der Waals surface area contributed by atoms with Crippen LogP contribution in [0.3, 0.4) is 0 Å². The quantitative estimate of drug-likeness (QED) is 0.301. The highest BCUT2D eigenvalue weighted by Crippen LogP contribution is 2.12. The highest BCUT2D eigenvalue weighted by Gasteiger charge is 2.09. The molecular formula is C14H19NO5. The molecule has 0 radical (unpaired) electrons. The topological polar surface area (TPSA) is 78.7 Å². The molecule has 0 fully saturated rings. The number of ketones is 1. The lowest BCUT2D eigenvalue weighted by molar-refractivity contribution is -0.384. The zero-order chi connectivity index (χ0) is 15.0. The third-order valence-electron chi connectivity index (χ3n) is 2.46. The van der Waals surface area contributed by atoms with Gasteiger partial charge >= 0.3 is 0 Å². The Balaban J connectivity index is 2.27. The average Bonchev–Trinajstić information content (AvgIpc) is 2.42. The summed E-state index contributed by atoms with van der Waals surface area (Å²) >= 11 is 0. The fourth-order valence-corrected chi connectivity index (χ4v) is 1.45. The minimum atomic E-state index is -0.503. The second kappa shape index (κ2) is 8.39. The Bertz CT molecular complexity index is 441. The Morgan fingerprint density at radius 2 is 1.80 bits per heavy atom. The number of hydrogen-bond donors (Lipinski definition) is 0. The number of hydrogen-bond acceptors (Lipinski definition) is 5. The van der Waals surface area contributed by atoms with Crippen molar-refractivity contribution in [2.75, 3.05) is 26.4 Å². The number of Topliss-reactive ketones (excluding diaryl/α,β-unsaturated/α-hetero) is 1. The zero-order valence-corrected chi connectivity index (χ0v) is 11.7. The first-order valence-electron chi connectivity index (χ1n) is 6.44. The molecule has 1 rings (SSSR count). The average molecular weight is 281 g/mol. The Morgan fingerprint density at radius 1 is 1.20 bits per heavy atom. The van der Waals surface area contributed by atoms with E-state index in [1.165, 1.54) is 24.3 Å². The summed E-state index contributed by atoms with van der Waals surface area (Å²) in [5, 5.41) is 10.5. The van der Waals surface area contributed by atoms with E-state index in [-0.39, 0.29) is 18.1 Å². The van der Waals surface area contributed by atoms with Crippen molar-refractivity contribution in [2.45, 2.75) is 13.8 Å². The summed E-state index contributed by atoms with van der Waals surface area (Å²) < 4.78 is 10.5. The van der Waals surface area contributed by atoms with E-state index in [9.17, 15) is 14.9 Å². The van der Waals surface area contributed by atoms with Gasteiger partial charge in [0, 0.05) is 24.3 Å². The van der Waals surface area contributed by atoms with Gasteiger partial charge in [-0.1, -0.05) is 13.8 Å². The number of benzene rings is 1. The second-order valence-electron chi connectivity index (χ2n) is 4.75. The third-order valence-corrected chi connectivity index (χ3v) is 2.46. The zero-order valence-electron chi connectivity index (χ0n) is 11.7. The van der Waals surface area contributed by atoms with Gasteiger partial charge in [-0.3, -0.25) is 14.9 Å². The molecule has 20 heavy (non-hydrogen) atoms. The molecule has 0 bridgehead atoms. The summed E-state index contributed by atoms with van der Waals surface area (Å²) in [5.41, 5.74) is 0.364. The Morgan fingerprint density at radius 3 is 2.35 bits per heavy atom. The van der Waals surface area contributed by atoms with Crippen molar-refractivity contribution in [3.8, 4) is 0 Å². The van der Waals surface area contributed by atoms with Gasteiger partial charge in [-0.15, -0.1) is 0 Å². The van der Waals surface area contributed by atoms with Gasteiger partial charge in [0.2, 0.25) is 0 Å². The van der Waals surface area contributed by atoms with Crippen LogP contribution in [0.25, 0.3) is 0 Å². The summed E-state index contributed by atoms with van der Waals surface area (Å²) in [6.45, 7) is 5.53. The standard InChI is InChI=1S/C14H19NO5/c1-11(2)9-19-7-8-20-10-14(16)12-3-5-13(6-4-12)15(17)18/h3-6,11H,7-10H2,1-2H3. The van der Waals surface area contributed by atoms with Crippen LogP contribution in [0.4, 0.5) is 5.69 Å². The van der Waals surface area contributed by atoms with Crippen molar-refractivity contribution < 1.29 is 19.2 Å². The van der Waals surface area contributed by atoms with Crippen molar-refractivity contribution in [1.82, 2.24) is 0 Å². The van der Waals surface area contributed by atoms with E-state index in [4.69, 9.17) is 9.47 Å². The molecule has 0 aliphatic heterocycles. The van der Waals surface area contributed by atoms with Crippen LogP contribution < -0.4 is 0 Å². The SMILES string of the molecule is CC(C)COCCOCC(=O)c1ccc([N+](=O)[O-])cc1. The fourth-order valence-electron chi connectivity index (χ4n) is 1.45. The van der Waals surface area contributed by atoms with E-state index in [0.717, 1.165) is 0 Å². The molecule has 0 aliphatic rings. The fraction of sp³-hybridized carbons (Fsp3) is 0.500. The molecule has 0 saturated heterocycles. The molecule has 0 spiro atoms. The van der Waals surface area contributed by atoms with Gasteiger partial charge in [0.1, 0.15) is 6.61 Å². The van der Waals surface area contributed by atoms with Crippen LogP contribution >= 0.6 is 0 Å². The first-order valence-corrected chi connectivity index (χ1v) is 6.44. The predicted molar refractivity (Wildman–Crippen MR) is 73.9 cm³/mol. The van der Waals surface area contributed by atoms with Crippen LogP contribution in [0.5, 0.6) is 0 Å². The molecule has 6 nitrogen and oxygen atoms in total. The van der Waals surface area contributed by atoms with Crippen molar-refractivity contribution in [2.24, 2.45) is 5.92 Å². The molecule has 0 amide bonds. The van der Waals surface area contributed by atoms with E-state index in [0.29, 0.717) is 31.3 Å². The van der Waals surface area contributed by atoms with E-state index in [2.05, 4.69) is 13.8 Å². The van der Waals surface area contributed by atoms with Crippen LogP contribution in [0.1, 0.15) is 24.2 Å². The molecule has 6 heteroatoms. The van der Waals surface area contributed by atoms with E-state index < -0.39 is 4.92 Å². The van der Waals surface area contributed by atoms with Crippen molar-refractivity contribution in [3.63, 3.8) is 0 Å². The summed E-state index contributed by atoms with van der Waals surface area (Å²) in [6.07, 6.45) is 0. The molecule has 0 N–H and O–H groups in total. The third kappa shape index (κ3) is 5.90. The van der Waals surface area contributed by atoms with Gasteiger partial charge < -0.3 is 9.47 Å². The lowest BCUT2D eigenvalue weighted by atomic mass is 10.1. The van der Waals surface area contributed by atoms with Crippen LogP contribution in [0.2, 0.25) is 0 Å². The first kappa shape index (κ1) is 16.3. The molecule has 0 atom stereocenters. The number of non-ortho nitro benzene ring substituents is 1. The molecule has 0 aliphatic carbocycles. The number of carbonyl (C=O) groups excluding carboxylic acids is 1. The number of ether oxygens (including phenoxy) is 2. The smallest absolute Gasteiger partial charge is 0.269 e. The maximum absolute atomic E-state index is 11.7. The Kier molecular flexibility index (Phi) is 6.83. The summed E-state index contributed by atoms with van der Waals surface area (Å²) in [6, 6.07) is 5.47. The van der Waals surface area contributed by atoms with Gasteiger partial charge in [0.25, 0.3) is 5.69 Å². The lowest BCUT2D eigenvalue weighted by Crippen LogP contribution is -2.13. The summed E-state index contributed by atoms with van der Waals surface area (Å²) in [5.74, 6) is 0.264.